The molecule has 0 aromatic heterocycles. The van der Waals surface area contributed by atoms with E-state index in [2.05, 4.69) is 24.2 Å². The van der Waals surface area contributed by atoms with Gasteiger partial charge in [0.1, 0.15) is 0 Å². The van der Waals surface area contributed by atoms with Crippen molar-refractivity contribution in [1.29, 1.82) is 0 Å². The molecule has 0 spiro atoms. The molecule has 4 rings (SSSR count). The van der Waals surface area contributed by atoms with Crippen molar-refractivity contribution in [2.75, 3.05) is 20.1 Å². The summed E-state index contributed by atoms with van der Waals surface area (Å²) in [7, 11) is 2.27. The summed E-state index contributed by atoms with van der Waals surface area (Å²) in [6, 6.07) is 1.67. The number of rotatable bonds is 2. The standard InChI is InChI=1S/C17H30N2/c1-11-10-19(2)7-6-16(11)18-17-9-12-8-15(17)14-5-3-4-13(12)14/h11-18H,3-10H2,1-2H3. The third kappa shape index (κ3) is 2.06. The molecular formula is C17H30N2. The Hall–Kier alpha value is -0.0800. The summed E-state index contributed by atoms with van der Waals surface area (Å²) < 4.78 is 0. The quantitative estimate of drug-likeness (QED) is 0.823. The molecule has 7 atom stereocenters. The van der Waals surface area contributed by atoms with E-state index < -0.39 is 0 Å². The molecule has 0 aromatic carbocycles. The lowest BCUT2D eigenvalue weighted by molar-refractivity contribution is 0.135. The van der Waals surface area contributed by atoms with Crippen molar-refractivity contribution < 1.29 is 0 Å². The van der Waals surface area contributed by atoms with E-state index in [1.54, 1.807) is 19.3 Å². The van der Waals surface area contributed by atoms with Crippen molar-refractivity contribution in [2.45, 2.75) is 57.5 Å². The fourth-order valence-electron chi connectivity index (χ4n) is 6.14. The van der Waals surface area contributed by atoms with Gasteiger partial charge in [-0.05, 0) is 75.3 Å². The molecule has 0 aromatic rings. The molecule has 2 nitrogen and oxygen atoms in total. The van der Waals surface area contributed by atoms with Gasteiger partial charge in [0.25, 0.3) is 0 Å². The van der Waals surface area contributed by atoms with E-state index >= 15 is 0 Å². The highest BCUT2D eigenvalue weighted by molar-refractivity contribution is 5.06. The average molecular weight is 262 g/mol. The molecule has 2 bridgehead atoms. The molecule has 1 N–H and O–H groups in total. The first-order valence-corrected chi connectivity index (χ1v) is 8.67. The van der Waals surface area contributed by atoms with Gasteiger partial charge in [-0.25, -0.2) is 0 Å². The van der Waals surface area contributed by atoms with Crippen LogP contribution in [0.25, 0.3) is 0 Å². The lowest BCUT2D eigenvalue weighted by Crippen LogP contribution is -2.52. The number of nitrogens with one attached hydrogen (secondary N) is 1. The van der Waals surface area contributed by atoms with Gasteiger partial charge in [-0.2, -0.15) is 0 Å². The third-order valence-electron chi connectivity index (χ3n) is 6.97. The molecule has 1 aliphatic heterocycles. The van der Waals surface area contributed by atoms with E-state index in [9.17, 15) is 0 Å². The summed E-state index contributed by atoms with van der Waals surface area (Å²) in [4.78, 5) is 2.50. The molecule has 4 fully saturated rings. The van der Waals surface area contributed by atoms with Crippen LogP contribution in [0, 0.1) is 29.6 Å². The average Bonchev–Trinajstić information content (AvgIpc) is 3.04. The van der Waals surface area contributed by atoms with Crippen LogP contribution in [0.5, 0.6) is 0 Å². The Balaban J connectivity index is 1.39. The van der Waals surface area contributed by atoms with Crippen LogP contribution in [0.1, 0.15) is 45.4 Å². The Kier molecular flexibility index (Phi) is 3.15. The van der Waals surface area contributed by atoms with Gasteiger partial charge in [0.15, 0.2) is 0 Å². The second kappa shape index (κ2) is 4.73. The lowest BCUT2D eigenvalue weighted by atomic mass is 9.78. The van der Waals surface area contributed by atoms with Crippen molar-refractivity contribution in [3.8, 4) is 0 Å². The minimum atomic E-state index is 0.792. The number of nitrogens with zero attached hydrogens (tertiary/aromatic N) is 1. The van der Waals surface area contributed by atoms with Crippen molar-refractivity contribution >= 4 is 0 Å². The zero-order valence-corrected chi connectivity index (χ0v) is 12.6. The molecule has 0 amide bonds. The van der Waals surface area contributed by atoms with Gasteiger partial charge in [0, 0.05) is 18.6 Å². The van der Waals surface area contributed by atoms with Crippen LogP contribution in [0.4, 0.5) is 0 Å². The summed E-state index contributed by atoms with van der Waals surface area (Å²) in [6.07, 6.45) is 9.06. The second-order valence-corrected chi connectivity index (χ2v) is 8.06. The Morgan fingerprint density at radius 2 is 1.79 bits per heavy atom. The highest BCUT2D eigenvalue weighted by atomic mass is 15.1. The first-order valence-electron chi connectivity index (χ1n) is 8.67. The van der Waals surface area contributed by atoms with Gasteiger partial charge in [0.2, 0.25) is 0 Å². The van der Waals surface area contributed by atoms with Crippen LogP contribution in [0.15, 0.2) is 0 Å². The van der Waals surface area contributed by atoms with E-state index in [0.717, 1.165) is 41.7 Å². The zero-order valence-electron chi connectivity index (χ0n) is 12.6. The zero-order chi connectivity index (χ0) is 13.0. The van der Waals surface area contributed by atoms with E-state index in [1.807, 2.05) is 0 Å². The predicted octanol–water partition coefficient (Wildman–Crippen LogP) is 2.74. The molecular weight excluding hydrogens is 232 g/mol. The summed E-state index contributed by atoms with van der Waals surface area (Å²) in [5, 5.41) is 4.11. The van der Waals surface area contributed by atoms with Gasteiger partial charge in [-0.15, -0.1) is 0 Å². The normalized spacial score (nSPS) is 53.7. The molecule has 3 aliphatic carbocycles. The maximum absolute atomic E-state index is 4.11. The lowest BCUT2D eigenvalue weighted by Gasteiger charge is -2.40. The van der Waals surface area contributed by atoms with E-state index in [-0.39, 0.29) is 0 Å². The van der Waals surface area contributed by atoms with E-state index in [1.165, 1.54) is 32.4 Å². The minimum Gasteiger partial charge on any atom is -0.311 e. The summed E-state index contributed by atoms with van der Waals surface area (Å²) in [6.45, 7) is 5.01. The maximum Gasteiger partial charge on any atom is 0.0120 e. The predicted molar refractivity (Wildman–Crippen MR) is 79.0 cm³/mol. The van der Waals surface area contributed by atoms with Crippen molar-refractivity contribution in [3.63, 3.8) is 0 Å². The number of piperidine rings is 1. The molecule has 3 saturated carbocycles. The van der Waals surface area contributed by atoms with E-state index in [0.29, 0.717) is 0 Å². The van der Waals surface area contributed by atoms with E-state index in [4.69, 9.17) is 0 Å². The molecule has 19 heavy (non-hydrogen) atoms. The van der Waals surface area contributed by atoms with Crippen LogP contribution in [0.3, 0.4) is 0 Å². The molecule has 108 valence electrons. The third-order valence-corrected chi connectivity index (χ3v) is 6.97. The highest BCUT2D eigenvalue weighted by Crippen LogP contribution is 2.58. The molecule has 4 aliphatic rings. The minimum absolute atomic E-state index is 0.792. The fourth-order valence-corrected chi connectivity index (χ4v) is 6.14. The molecule has 2 heteroatoms. The Labute approximate surface area is 118 Å². The van der Waals surface area contributed by atoms with Crippen LogP contribution in [-0.4, -0.2) is 37.1 Å². The summed E-state index contributed by atoms with van der Waals surface area (Å²) >= 11 is 0. The number of hydrogen-bond donors (Lipinski definition) is 1. The van der Waals surface area contributed by atoms with Gasteiger partial charge >= 0.3 is 0 Å². The fraction of sp³-hybridized carbons (Fsp3) is 1.00. The molecule has 7 unspecified atom stereocenters. The highest BCUT2D eigenvalue weighted by Gasteiger charge is 2.54. The van der Waals surface area contributed by atoms with Crippen molar-refractivity contribution in [3.05, 3.63) is 0 Å². The van der Waals surface area contributed by atoms with Crippen LogP contribution in [-0.2, 0) is 0 Å². The summed E-state index contributed by atoms with van der Waals surface area (Å²) in [5.41, 5.74) is 0. The van der Waals surface area contributed by atoms with Crippen LogP contribution < -0.4 is 5.32 Å². The SMILES string of the molecule is CC1CN(C)CCC1NC1CC2CC1C1CCCC21. The van der Waals surface area contributed by atoms with Crippen molar-refractivity contribution in [1.82, 2.24) is 10.2 Å². The first-order chi connectivity index (χ1) is 9.22. The molecule has 0 radical (unpaired) electrons. The van der Waals surface area contributed by atoms with Gasteiger partial charge < -0.3 is 10.2 Å². The maximum atomic E-state index is 4.11. The van der Waals surface area contributed by atoms with Gasteiger partial charge in [-0.3, -0.25) is 0 Å². The smallest absolute Gasteiger partial charge is 0.0120 e. The number of likely N-dealkylation sites (tertiary alicyclic amines) is 1. The second-order valence-electron chi connectivity index (χ2n) is 8.06. The monoisotopic (exact) mass is 262 g/mol. The van der Waals surface area contributed by atoms with Gasteiger partial charge in [-0.1, -0.05) is 13.3 Å². The Morgan fingerprint density at radius 3 is 2.63 bits per heavy atom. The molecule has 1 heterocycles. The van der Waals surface area contributed by atoms with Crippen molar-refractivity contribution in [2.24, 2.45) is 29.6 Å². The summed E-state index contributed by atoms with van der Waals surface area (Å²) in [5.74, 6) is 5.22. The number of hydrogen-bond acceptors (Lipinski definition) is 2. The van der Waals surface area contributed by atoms with Gasteiger partial charge in [0.05, 0.1) is 0 Å². The largest absolute Gasteiger partial charge is 0.311 e. The molecule has 1 saturated heterocycles. The Morgan fingerprint density at radius 1 is 0.947 bits per heavy atom. The number of fused-ring (bicyclic) bond motifs is 5. The van der Waals surface area contributed by atoms with Crippen LogP contribution in [0.2, 0.25) is 0 Å². The van der Waals surface area contributed by atoms with Crippen LogP contribution >= 0.6 is 0 Å². The first kappa shape index (κ1) is 12.6. The topological polar surface area (TPSA) is 15.3 Å². The Bertz CT molecular complexity index is 342.